The Morgan fingerprint density at radius 2 is 2.00 bits per heavy atom. The summed E-state index contributed by atoms with van der Waals surface area (Å²) in [6.45, 7) is 2.24. The monoisotopic (exact) mass is 312 g/mol. The Balaban J connectivity index is 2.05. The molecule has 0 bridgehead atoms. The number of carbonyl (C=O) groups is 2. The molecule has 1 saturated heterocycles. The van der Waals surface area contributed by atoms with Crippen LogP contribution in [0.5, 0.6) is 0 Å². The van der Waals surface area contributed by atoms with E-state index >= 15 is 0 Å². The van der Waals surface area contributed by atoms with E-state index in [-0.39, 0.29) is 18.5 Å². The van der Waals surface area contributed by atoms with Crippen molar-refractivity contribution in [2.75, 3.05) is 44.1 Å². The highest BCUT2D eigenvalue weighted by atomic mass is 35.5. The second-order valence-corrected chi connectivity index (χ2v) is 4.78. The number of benzene rings is 1. The lowest BCUT2D eigenvalue weighted by molar-refractivity contribution is 0.0529. The van der Waals surface area contributed by atoms with Crippen molar-refractivity contribution in [3.8, 4) is 0 Å². The summed E-state index contributed by atoms with van der Waals surface area (Å²) in [5.41, 5.74) is 0.734. The molecular formula is C14H17ClN2O4. The number of morpholine rings is 1. The second kappa shape index (κ2) is 7.85. The zero-order chi connectivity index (χ0) is 15.1. The minimum absolute atomic E-state index is 0.131. The molecule has 1 aromatic rings. The standard InChI is InChI=1S/C14H17ClN2O4/c15-5-8-21-13(18)11-3-1-2-4-12(11)16-14(19)17-6-9-20-10-7-17/h1-4H,5-10H2,(H,16,19). The normalized spacial score (nSPS) is 14.6. The molecule has 7 heteroatoms. The lowest BCUT2D eigenvalue weighted by Gasteiger charge is -2.27. The van der Waals surface area contributed by atoms with Gasteiger partial charge < -0.3 is 19.7 Å². The number of halogens is 1. The largest absolute Gasteiger partial charge is 0.461 e. The van der Waals surface area contributed by atoms with Gasteiger partial charge in [-0.05, 0) is 12.1 Å². The lowest BCUT2D eigenvalue weighted by Crippen LogP contribution is -2.43. The van der Waals surface area contributed by atoms with Gasteiger partial charge >= 0.3 is 12.0 Å². The number of hydrogen-bond acceptors (Lipinski definition) is 4. The Hall–Kier alpha value is -1.79. The van der Waals surface area contributed by atoms with Crippen LogP contribution in [-0.4, -0.2) is 55.7 Å². The van der Waals surface area contributed by atoms with E-state index in [0.29, 0.717) is 37.6 Å². The van der Waals surface area contributed by atoms with Gasteiger partial charge in [0.15, 0.2) is 0 Å². The third kappa shape index (κ3) is 4.34. The molecule has 1 heterocycles. The molecule has 114 valence electrons. The number of alkyl halides is 1. The smallest absolute Gasteiger partial charge is 0.340 e. The first-order valence-electron chi connectivity index (χ1n) is 6.68. The fourth-order valence-corrected chi connectivity index (χ4v) is 2.02. The SMILES string of the molecule is O=C(OCCCl)c1ccccc1NC(=O)N1CCOCC1. The number of urea groups is 1. The first-order chi connectivity index (χ1) is 10.2. The maximum Gasteiger partial charge on any atom is 0.340 e. The first kappa shape index (κ1) is 15.6. The average Bonchev–Trinajstić information content (AvgIpc) is 2.54. The molecular weight excluding hydrogens is 296 g/mol. The molecule has 6 nitrogen and oxygen atoms in total. The molecule has 21 heavy (non-hydrogen) atoms. The third-order valence-corrected chi connectivity index (χ3v) is 3.15. The molecule has 0 aliphatic carbocycles. The molecule has 1 N–H and O–H groups in total. The average molecular weight is 313 g/mol. The van der Waals surface area contributed by atoms with Crippen molar-refractivity contribution in [2.24, 2.45) is 0 Å². The minimum atomic E-state index is -0.506. The van der Waals surface area contributed by atoms with Gasteiger partial charge in [0.2, 0.25) is 0 Å². The molecule has 0 atom stereocenters. The van der Waals surface area contributed by atoms with Gasteiger partial charge in [-0.2, -0.15) is 0 Å². The first-order valence-corrected chi connectivity index (χ1v) is 7.21. The van der Waals surface area contributed by atoms with E-state index in [4.69, 9.17) is 21.1 Å². The number of amides is 2. The van der Waals surface area contributed by atoms with Gasteiger partial charge in [-0.1, -0.05) is 12.1 Å². The Labute approximate surface area is 128 Å². The van der Waals surface area contributed by atoms with Gasteiger partial charge in [0.25, 0.3) is 0 Å². The van der Waals surface area contributed by atoms with Gasteiger partial charge in [-0.15, -0.1) is 11.6 Å². The number of nitrogens with one attached hydrogen (secondary N) is 1. The summed E-state index contributed by atoms with van der Waals surface area (Å²) >= 11 is 5.49. The lowest BCUT2D eigenvalue weighted by atomic mass is 10.2. The van der Waals surface area contributed by atoms with Gasteiger partial charge in [0.1, 0.15) is 6.61 Å². The number of rotatable bonds is 4. The fourth-order valence-electron chi connectivity index (χ4n) is 1.94. The van der Waals surface area contributed by atoms with Gasteiger partial charge in [-0.3, -0.25) is 0 Å². The summed E-state index contributed by atoms with van der Waals surface area (Å²) in [5, 5.41) is 2.74. The third-order valence-electron chi connectivity index (χ3n) is 3.00. The van der Waals surface area contributed by atoms with Gasteiger partial charge in [0.05, 0.1) is 30.3 Å². The highest BCUT2D eigenvalue weighted by Gasteiger charge is 2.19. The molecule has 1 aromatic carbocycles. The molecule has 0 radical (unpaired) electrons. The van der Waals surface area contributed by atoms with Gasteiger partial charge in [-0.25, -0.2) is 9.59 Å². The van der Waals surface area contributed by atoms with E-state index in [0.717, 1.165) is 0 Å². The van der Waals surface area contributed by atoms with E-state index in [1.807, 2.05) is 0 Å². The van der Waals surface area contributed by atoms with Crippen LogP contribution in [0.4, 0.5) is 10.5 Å². The van der Waals surface area contributed by atoms with E-state index in [1.54, 1.807) is 29.2 Å². The second-order valence-electron chi connectivity index (χ2n) is 4.40. The van der Waals surface area contributed by atoms with Crippen molar-refractivity contribution < 1.29 is 19.1 Å². The molecule has 0 unspecified atom stereocenters. The van der Waals surface area contributed by atoms with Crippen LogP contribution in [0.1, 0.15) is 10.4 Å². The molecule has 1 aliphatic heterocycles. The van der Waals surface area contributed by atoms with Crippen LogP contribution in [0.3, 0.4) is 0 Å². The molecule has 2 rings (SSSR count). The maximum absolute atomic E-state index is 12.1. The van der Waals surface area contributed by atoms with Crippen LogP contribution in [-0.2, 0) is 9.47 Å². The highest BCUT2D eigenvalue weighted by molar-refractivity contribution is 6.18. The van der Waals surface area contributed by atoms with Crippen LogP contribution in [0.25, 0.3) is 0 Å². The van der Waals surface area contributed by atoms with Crippen molar-refractivity contribution >= 4 is 29.3 Å². The van der Waals surface area contributed by atoms with Crippen LogP contribution in [0.15, 0.2) is 24.3 Å². The zero-order valence-corrected chi connectivity index (χ0v) is 12.3. The number of nitrogens with zero attached hydrogens (tertiary/aromatic N) is 1. The number of para-hydroxylation sites is 1. The maximum atomic E-state index is 12.1. The predicted molar refractivity (Wildman–Crippen MR) is 78.9 cm³/mol. The summed E-state index contributed by atoms with van der Waals surface area (Å²) in [6, 6.07) is 6.46. The van der Waals surface area contributed by atoms with E-state index in [2.05, 4.69) is 5.32 Å². The Morgan fingerprint density at radius 3 is 2.71 bits per heavy atom. The molecule has 2 amide bonds. The summed E-state index contributed by atoms with van der Waals surface area (Å²) in [4.78, 5) is 25.7. The van der Waals surface area contributed by atoms with E-state index in [1.165, 1.54) is 0 Å². The predicted octanol–water partition coefficient (Wildman–Crippen LogP) is 1.95. The Kier molecular flexibility index (Phi) is 5.83. The molecule has 1 aliphatic rings. The summed E-state index contributed by atoms with van der Waals surface area (Å²) in [6.07, 6.45) is 0. The van der Waals surface area contributed by atoms with Crippen LogP contribution < -0.4 is 5.32 Å². The molecule has 1 fully saturated rings. The van der Waals surface area contributed by atoms with Crippen molar-refractivity contribution in [3.63, 3.8) is 0 Å². The molecule has 0 aromatic heterocycles. The number of hydrogen-bond donors (Lipinski definition) is 1. The topological polar surface area (TPSA) is 67.9 Å². The number of anilines is 1. The summed E-state index contributed by atoms with van der Waals surface area (Å²) in [5.74, 6) is -0.276. The Bertz CT molecular complexity index is 504. The summed E-state index contributed by atoms with van der Waals surface area (Å²) < 4.78 is 10.2. The molecule has 0 spiro atoms. The van der Waals surface area contributed by atoms with Crippen molar-refractivity contribution in [1.29, 1.82) is 0 Å². The number of esters is 1. The summed E-state index contributed by atoms with van der Waals surface area (Å²) in [7, 11) is 0. The Morgan fingerprint density at radius 1 is 1.29 bits per heavy atom. The van der Waals surface area contributed by atoms with Crippen LogP contribution >= 0.6 is 11.6 Å². The van der Waals surface area contributed by atoms with Gasteiger partial charge in [0, 0.05) is 13.1 Å². The van der Waals surface area contributed by atoms with Crippen molar-refractivity contribution in [2.45, 2.75) is 0 Å². The van der Waals surface area contributed by atoms with Crippen molar-refractivity contribution in [1.82, 2.24) is 4.90 Å². The molecule has 0 saturated carbocycles. The van der Waals surface area contributed by atoms with E-state index in [9.17, 15) is 9.59 Å². The minimum Gasteiger partial charge on any atom is -0.461 e. The van der Waals surface area contributed by atoms with Crippen LogP contribution in [0, 0.1) is 0 Å². The van der Waals surface area contributed by atoms with E-state index < -0.39 is 5.97 Å². The highest BCUT2D eigenvalue weighted by Crippen LogP contribution is 2.17. The quantitative estimate of drug-likeness (QED) is 0.681. The fraction of sp³-hybridized carbons (Fsp3) is 0.429. The number of carbonyl (C=O) groups excluding carboxylic acids is 2. The number of ether oxygens (including phenoxy) is 2. The van der Waals surface area contributed by atoms with Crippen LogP contribution in [0.2, 0.25) is 0 Å². The zero-order valence-electron chi connectivity index (χ0n) is 11.5. The van der Waals surface area contributed by atoms with Crippen molar-refractivity contribution in [3.05, 3.63) is 29.8 Å².